The Bertz CT molecular complexity index is 765. The molecule has 2 rings (SSSR count). The third-order valence-corrected chi connectivity index (χ3v) is 4.58. The first-order valence-corrected chi connectivity index (χ1v) is 8.16. The highest BCUT2D eigenvalue weighted by Gasteiger charge is 2.08. The molecule has 6 heteroatoms. The topological polar surface area (TPSA) is 73.9 Å². The van der Waals surface area contributed by atoms with Crippen molar-refractivity contribution in [3.63, 3.8) is 0 Å². The maximum Gasteiger partial charge on any atom is 0.372 e. The number of oxime groups is 1. The SMILES string of the molecule is Cc1cccc(/C(N)=N\OC(=O)COc2cc(C)c(Br)c(C)c2)c1. The number of amidine groups is 1. The smallest absolute Gasteiger partial charge is 0.372 e. The van der Waals surface area contributed by atoms with E-state index in [2.05, 4.69) is 21.1 Å². The van der Waals surface area contributed by atoms with Gasteiger partial charge >= 0.3 is 5.97 Å². The first kappa shape index (κ1) is 18.0. The van der Waals surface area contributed by atoms with Crippen LogP contribution < -0.4 is 10.5 Å². The zero-order valence-electron chi connectivity index (χ0n) is 13.8. The van der Waals surface area contributed by atoms with Crippen LogP contribution in [0.4, 0.5) is 0 Å². The van der Waals surface area contributed by atoms with Crippen molar-refractivity contribution in [2.75, 3.05) is 6.61 Å². The van der Waals surface area contributed by atoms with Crippen LogP contribution in [0, 0.1) is 20.8 Å². The molecule has 0 heterocycles. The Morgan fingerprint density at radius 3 is 2.46 bits per heavy atom. The van der Waals surface area contributed by atoms with E-state index in [0.717, 1.165) is 21.2 Å². The zero-order chi connectivity index (χ0) is 17.7. The van der Waals surface area contributed by atoms with Gasteiger partial charge in [-0.05, 0) is 50.1 Å². The lowest BCUT2D eigenvalue weighted by Gasteiger charge is -2.09. The number of halogens is 1. The molecule has 0 saturated heterocycles. The quantitative estimate of drug-likeness (QED) is 0.366. The van der Waals surface area contributed by atoms with Gasteiger partial charge in [-0.2, -0.15) is 0 Å². The number of carbonyl (C=O) groups excluding carboxylic acids is 1. The van der Waals surface area contributed by atoms with E-state index in [0.29, 0.717) is 11.3 Å². The van der Waals surface area contributed by atoms with Gasteiger partial charge in [-0.3, -0.25) is 0 Å². The van der Waals surface area contributed by atoms with E-state index in [9.17, 15) is 4.79 Å². The van der Waals surface area contributed by atoms with Crippen LogP contribution in [0.15, 0.2) is 46.0 Å². The Morgan fingerprint density at radius 2 is 1.83 bits per heavy atom. The molecule has 0 radical (unpaired) electrons. The summed E-state index contributed by atoms with van der Waals surface area (Å²) in [5, 5.41) is 3.65. The summed E-state index contributed by atoms with van der Waals surface area (Å²) in [6.45, 7) is 5.61. The Kier molecular flexibility index (Phi) is 5.98. The Labute approximate surface area is 149 Å². The van der Waals surface area contributed by atoms with Crippen molar-refractivity contribution in [2.45, 2.75) is 20.8 Å². The fraction of sp³-hybridized carbons (Fsp3) is 0.222. The van der Waals surface area contributed by atoms with Crippen molar-refractivity contribution in [1.29, 1.82) is 0 Å². The Morgan fingerprint density at radius 1 is 1.17 bits per heavy atom. The third kappa shape index (κ3) is 4.83. The summed E-state index contributed by atoms with van der Waals surface area (Å²) in [5.74, 6) is 0.118. The standard InChI is InChI=1S/C18H19BrN2O3/c1-11-5-4-6-14(7-11)18(20)21-24-16(22)10-23-15-8-12(2)17(19)13(3)9-15/h4-9H,10H2,1-3H3,(H2,20,21). The molecule has 0 aliphatic carbocycles. The summed E-state index contributed by atoms with van der Waals surface area (Å²) in [4.78, 5) is 16.5. The van der Waals surface area contributed by atoms with Gasteiger partial charge in [0.25, 0.3) is 0 Å². The minimum Gasteiger partial charge on any atom is -0.482 e. The molecule has 0 saturated carbocycles. The lowest BCUT2D eigenvalue weighted by Crippen LogP contribution is -2.18. The number of ether oxygens (including phenoxy) is 1. The molecule has 0 fully saturated rings. The lowest BCUT2D eigenvalue weighted by atomic mass is 10.1. The van der Waals surface area contributed by atoms with Crippen molar-refractivity contribution < 1.29 is 14.4 Å². The minimum atomic E-state index is -0.621. The van der Waals surface area contributed by atoms with Gasteiger partial charge < -0.3 is 15.3 Å². The molecule has 0 bridgehead atoms. The summed E-state index contributed by atoms with van der Waals surface area (Å²) in [6, 6.07) is 11.1. The number of benzene rings is 2. The molecule has 0 aliphatic heterocycles. The van der Waals surface area contributed by atoms with Gasteiger partial charge in [-0.15, -0.1) is 0 Å². The number of nitrogens with zero attached hydrogens (tertiary/aromatic N) is 1. The van der Waals surface area contributed by atoms with Crippen LogP contribution in [0.2, 0.25) is 0 Å². The molecule has 0 atom stereocenters. The summed E-state index contributed by atoms with van der Waals surface area (Å²) in [6.07, 6.45) is 0. The summed E-state index contributed by atoms with van der Waals surface area (Å²) in [7, 11) is 0. The maximum atomic E-state index is 11.7. The number of hydrogen-bond donors (Lipinski definition) is 1. The molecule has 5 nitrogen and oxygen atoms in total. The van der Waals surface area contributed by atoms with Crippen LogP contribution in [0.25, 0.3) is 0 Å². The van der Waals surface area contributed by atoms with Crippen LogP contribution in [0.5, 0.6) is 5.75 Å². The summed E-state index contributed by atoms with van der Waals surface area (Å²) < 4.78 is 6.46. The molecule has 0 aliphatic rings. The zero-order valence-corrected chi connectivity index (χ0v) is 15.4. The van der Waals surface area contributed by atoms with Gasteiger partial charge in [0.05, 0.1) is 0 Å². The number of hydrogen-bond acceptors (Lipinski definition) is 4. The Balaban J connectivity index is 1.93. The molecule has 0 spiro atoms. The van der Waals surface area contributed by atoms with Crippen LogP contribution >= 0.6 is 15.9 Å². The molecule has 0 amide bonds. The van der Waals surface area contributed by atoms with E-state index in [-0.39, 0.29) is 12.4 Å². The van der Waals surface area contributed by atoms with E-state index in [4.69, 9.17) is 15.3 Å². The van der Waals surface area contributed by atoms with Crippen molar-refractivity contribution >= 4 is 27.7 Å². The highest BCUT2D eigenvalue weighted by Crippen LogP contribution is 2.26. The second-order valence-corrected chi connectivity index (χ2v) is 6.26. The normalized spacial score (nSPS) is 11.2. The monoisotopic (exact) mass is 390 g/mol. The van der Waals surface area contributed by atoms with Crippen molar-refractivity contribution in [3.05, 3.63) is 63.1 Å². The van der Waals surface area contributed by atoms with E-state index < -0.39 is 5.97 Å². The molecule has 0 aromatic heterocycles. The van der Waals surface area contributed by atoms with E-state index >= 15 is 0 Å². The molecular formula is C18H19BrN2O3. The highest BCUT2D eigenvalue weighted by atomic mass is 79.9. The third-order valence-electron chi connectivity index (χ3n) is 3.33. The molecule has 2 N–H and O–H groups in total. The second-order valence-electron chi connectivity index (χ2n) is 5.47. The summed E-state index contributed by atoms with van der Waals surface area (Å²) >= 11 is 3.48. The van der Waals surface area contributed by atoms with Gasteiger partial charge in [0.2, 0.25) is 0 Å². The lowest BCUT2D eigenvalue weighted by molar-refractivity contribution is -0.146. The van der Waals surface area contributed by atoms with Gasteiger partial charge in [0.15, 0.2) is 12.4 Å². The first-order chi connectivity index (χ1) is 11.4. The van der Waals surface area contributed by atoms with Crippen LogP contribution in [0.3, 0.4) is 0 Å². The second kappa shape index (κ2) is 7.97. The van der Waals surface area contributed by atoms with Crippen LogP contribution in [0.1, 0.15) is 22.3 Å². The average Bonchev–Trinajstić information content (AvgIpc) is 2.55. The number of aryl methyl sites for hydroxylation is 3. The van der Waals surface area contributed by atoms with Crippen molar-refractivity contribution in [3.8, 4) is 5.75 Å². The number of nitrogens with two attached hydrogens (primary N) is 1. The maximum absolute atomic E-state index is 11.7. The van der Waals surface area contributed by atoms with Gasteiger partial charge in [0.1, 0.15) is 5.75 Å². The van der Waals surface area contributed by atoms with E-state index in [1.54, 1.807) is 6.07 Å². The fourth-order valence-corrected chi connectivity index (χ4v) is 2.34. The molecular weight excluding hydrogens is 372 g/mol. The van der Waals surface area contributed by atoms with E-state index in [1.165, 1.54) is 0 Å². The van der Waals surface area contributed by atoms with Crippen molar-refractivity contribution in [1.82, 2.24) is 0 Å². The first-order valence-electron chi connectivity index (χ1n) is 7.36. The molecule has 0 unspecified atom stereocenters. The van der Waals surface area contributed by atoms with Gasteiger partial charge in [0, 0.05) is 10.0 Å². The molecule has 2 aromatic carbocycles. The average molecular weight is 391 g/mol. The number of rotatable bonds is 5. The van der Waals surface area contributed by atoms with Crippen LogP contribution in [-0.4, -0.2) is 18.4 Å². The Hall–Kier alpha value is -2.34. The summed E-state index contributed by atoms with van der Waals surface area (Å²) in [5.41, 5.74) is 9.60. The molecule has 24 heavy (non-hydrogen) atoms. The molecule has 126 valence electrons. The largest absolute Gasteiger partial charge is 0.482 e. The fourth-order valence-electron chi connectivity index (χ4n) is 2.12. The molecule has 2 aromatic rings. The predicted molar refractivity (Wildman–Crippen MR) is 97.1 cm³/mol. The van der Waals surface area contributed by atoms with Gasteiger partial charge in [-0.25, -0.2) is 4.79 Å². The van der Waals surface area contributed by atoms with Crippen LogP contribution in [-0.2, 0) is 9.63 Å². The number of carbonyl (C=O) groups is 1. The van der Waals surface area contributed by atoms with Gasteiger partial charge in [-0.1, -0.05) is 44.8 Å². The highest BCUT2D eigenvalue weighted by molar-refractivity contribution is 9.10. The van der Waals surface area contributed by atoms with E-state index in [1.807, 2.05) is 51.1 Å². The van der Waals surface area contributed by atoms with Crippen molar-refractivity contribution in [2.24, 2.45) is 10.9 Å². The minimum absolute atomic E-state index is 0.141. The predicted octanol–water partition coefficient (Wildman–Crippen LogP) is 3.62.